The van der Waals surface area contributed by atoms with Crippen molar-refractivity contribution in [2.75, 3.05) is 12.4 Å². The van der Waals surface area contributed by atoms with E-state index in [1.54, 1.807) is 0 Å². The van der Waals surface area contributed by atoms with Crippen LogP contribution in [-0.2, 0) is 14.8 Å². The van der Waals surface area contributed by atoms with Crippen LogP contribution in [0, 0.1) is 11.6 Å². The van der Waals surface area contributed by atoms with E-state index in [-0.39, 0.29) is 15.7 Å². The second-order valence-electron chi connectivity index (χ2n) is 5.25. The second kappa shape index (κ2) is 7.98. The molecule has 2 rings (SSSR count). The van der Waals surface area contributed by atoms with Crippen molar-refractivity contribution < 1.29 is 26.7 Å². The third-order valence-electron chi connectivity index (χ3n) is 3.33. The highest BCUT2D eigenvalue weighted by atomic mass is 35.5. The Balaban J connectivity index is 2.20. The molecule has 140 valence electrons. The summed E-state index contributed by atoms with van der Waals surface area (Å²) in [5.41, 5.74) is -0.401. The number of carbonyl (C=O) groups excluding carboxylic acids is 1. The summed E-state index contributed by atoms with van der Waals surface area (Å²) in [6, 6.07) is 5.21. The molecule has 1 unspecified atom stereocenters. The summed E-state index contributed by atoms with van der Waals surface area (Å²) >= 11 is 5.81. The molecule has 0 aromatic heterocycles. The molecule has 0 aliphatic rings. The molecule has 0 aliphatic carbocycles. The molecule has 0 bridgehead atoms. The summed E-state index contributed by atoms with van der Waals surface area (Å²) in [5, 5.41) is 2.28. The first-order chi connectivity index (χ1) is 12.1. The maximum atomic E-state index is 13.6. The van der Waals surface area contributed by atoms with Gasteiger partial charge in [-0.25, -0.2) is 17.2 Å². The molecule has 0 aliphatic heterocycles. The van der Waals surface area contributed by atoms with Crippen LogP contribution in [0.3, 0.4) is 0 Å². The average molecular weight is 405 g/mol. The fraction of sp³-hybridized carbons (Fsp3) is 0.188. The van der Waals surface area contributed by atoms with E-state index in [0.717, 1.165) is 18.2 Å². The molecular formula is C16H15ClF2N2O4S. The fourth-order valence-corrected chi connectivity index (χ4v) is 3.68. The molecule has 2 aromatic rings. The maximum absolute atomic E-state index is 13.6. The van der Waals surface area contributed by atoms with Gasteiger partial charge in [-0.3, -0.25) is 4.79 Å². The third-order valence-corrected chi connectivity index (χ3v) is 5.12. The monoisotopic (exact) mass is 404 g/mol. The lowest BCUT2D eigenvalue weighted by Crippen LogP contribution is -2.41. The van der Waals surface area contributed by atoms with Gasteiger partial charge in [0.05, 0.1) is 18.8 Å². The van der Waals surface area contributed by atoms with Gasteiger partial charge in [0.15, 0.2) is 0 Å². The number of methoxy groups -OCH3 is 1. The Morgan fingerprint density at radius 2 is 1.88 bits per heavy atom. The van der Waals surface area contributed by atoms with Crippen LogP contribution in [0.1, 0.15) is 6.92 Å². The molecule has 2 aromatic carbocycles. The molecule has 1 amide bonds. The molecule has 0 saturated carbocycles. The largest absolute Gasteiger partial charge is 0.495 e. The second-order valence-corrected chi connectivity index (χ2v) is 7.37. The highest BCUT2D eigenvalue weighted by molar-refractivity contribution is 7.89. The third kappa shape index (κ3) is 4.69. The lowest BCUT2D eigenvalue weighted by molar-refractivity contribution is -0.117. The van der Waals surface area contributed by atoms with E-state index in [0.29, 0.717) is 0 Å². The van der Waals surface area contributed by atoms with E-state index in [1.807, 2.05) is 0 Å². The van der Waals surface area contributed by atoms with Gasteiger partial charge < -0.3 is 10.1 Å². The van der Waals surface area contributed by atoms with E-state index >= 15 is 0 Å². The smallest absolute Gasteiger partial charge is 0.245 e. The lowest BCUT2D eigenvalue weighted by Gasteiger charge is -2.16. The average Bonchev–Trinajstić information content (AvgIpc) is 2.57. The van der Waals surface area contributed by atoms with Crippen LogP contribution >= 0.6 is 11.6 Å². The van der Waals surface area contributed by atoms with Gasteiger partial charge in [0.2, 0.25) is 15.9 Å². The van der Waals surface area contributed by atoms with Gasteiger partial charge in [0.25, 0.3) is 0 Å². The number of anilines is 1. The molecular weight excluding hydrogens is 390 g/mol. The number of hydrogen-bond donors (Lipinski definition) is 2. The van der Waals surface area contributed by atoms with Gasteiger partial charge >= 0.3 is 0 Å². The number of amides is 1. The van der Waals surface area contributed by atoms with Gasteiger partial charge in [-0.1, -0.05) is 11.6 Å². The Hall–Kier alpha value is -2.23. The minimum Gasteiger partial charge on any atom is -0.495 e. The number of benzene rings is 2. The minimum atomic E-state index is -4.17. The molecule has 0 radical (unpaired) electrons. The van der Waals surface area contributed by atoms with Crippen LogP contribution in [0.15, 0.2) is 41.3 Å². The standard InChI is InChI=1S/C16H15ClF2N2O4S/c1-9(16(22)20-13-8-11(18)4-5-12(13)19)21-26(23,24)15-7-10(17)3-6-14(15)25-2/h3-9,21H,1-2H3,(H,20,22). The summed E-state index contributed by atoms with van der Waals surface area (Å²) in [6.07, 6.45) is 0. The van der Waals surface area contributed by atoms with Crippen LogP contribution in [0.25, 0.3) is 0 Å². The summed E-state index contributed by atoms with van der Waals surface area (Å²) in [6.45, 7) is 1.25. The number of rotatable bonds is 6. The maximum Gasteiger partial charge on any atom is 0.245 e. The van der Waals surface area contributed by atoms with Crippen molar-refractivity contribution in [2.24, 2.45) is 0 Å². The number of sulfonamides is 1. The van der Waals surface area contributed by atoms with E-state index < -0.39 is 39.3 Å². The fourth-order valence-electron chi connectivity index (χ4n) is 2.04. The Morgan fingerprint density at radius 1 is 1.19 bits per heavy atom. The predicted octanol–water partition coefficient (Wildman–Crippen LogP) is 2.93. The van der Waals surface area contributed by atoms with Gasteiger partial charge in [0.1, 0.15) is 22.3 Å². The van der Waals surface area contributed by atoms with E-state index in [4.69, 9.17) is 16.3 Å². The molecule has 0 spiro atoms. The zero-order valence-electron chi connectivity index (χ0n) is 13.7. The van der Waals surface area contributed by atoms with E-state index in [2.05, 4.69) is 10.0 Å². The van der Waals surface area contributed by atoms with Crippen LogP contribution in [0.4, 0.5) is 14.5 Å². The SMILES string of the molecule is COc1ccc(Cl)cc1S(=O)(=O)NC(C)C(=O)Nc1cc(F)ccc1F. The normalized spacial score (nSPS) is 12.5. The molecule has 2 N–H and O–H groups in total. The molecule has 26 heavy (non-hydrogen) atoms. The molecule has 0 fully saturated rings. The van der Waals surface area contributed by atoms with Crippen molar-refractivity contribution in [1.82, 2.24) is 4.72 Å². The van der Waals surface area contributed by atoms with Crippen LogP contribution < -0.4 is 14.8 Å². The van der Waals surface area contributed by atoms with E-state index in [9.17, 15) is 22.0 Å². The lowest BCUT2D eigenvalue weighted by atomic mass is 10.2. The molecule has 0 saturated heterocycles. The van der Waals surface area contributed by atoms with Crippen molar-refractivity contribution in [2.45, 2.75) is 17.9 Å². The van der Waals surface area contributed by atoms with Crippen LogP contribution in [0.2, 0.25) is 5.02 Å². The minimum absolute atomic E-state index is 0.0330. The zero-order valence-corrected chi connectivity index (χ0v) is 15.3. The number of ether oxygens (including phenoxy) is 1. The summed E-state index contributed by atoms with van der Waals surface area (Å²) in [7, 11) is -2.89. The Bertz CT molecular complexity index is 938. The summed E-state index contributed by atoms with van der Waals surface area (Å²) in [5.74, 6) is -2.45. The van der Waals surface area contributed by atoms with Crippen molar-refractivity contribution in [3.8, 4) is 5.75 Å². The van der Waals surface area contributed by atoms with Crippen LogP contribution in [-0.4, -0.2) is 27.5 Å². The van der Waals surface area contributed by atoms with Gasteiger partial charge in [-0.05, 0) is 37.3 Å². The van der Waals surface area contributed by atoms with Crippen LogP contribution in [0.5, 0.6) is 5.75 Å². The van der Waals surface area contributed by atoms with Crippen molar-refractivity contribution in [1.29, 1.82) is 0 Å². The van der Waals surface area contributed by atoms with E-state index in [1.165, 1.54) is 32.2 Å². The van der Waals surface area contributed by atoms with Gasteiger partial charge in [-0.15, -0.1) is 0 Å². The molecule has 1 atom stereocenters. The first kappa shape index (κ1) is 20.1. The Morgan fingerprint density at radius 3 is 2.54 bits per heavy atom. The number of carbonyl (C=O) groups is 1. The molecule has 0 heterocycles. The highest BCUT2D eigenvalue weighted by Gasteiger charge is 2.26. The van der Waals surface area contributed by atoms with Gasteiger partial charge in [-0.2, -0.15) is 4.72 Å². The number of nitrogens with one attached hydrogen (secondary N) is 2. The quantitative estimate of drug-likeness (QED) is 0.775. The molecule has 10 heteroatoms. The van der Waals surface area contributed by atoms with Gasteiger partial charge in [0, 0.05) is 11.1 Å². The summed E-state index contributed by atoms with van der Waals surface area (Å²) < 4.78 is 58.8. The number of halogens is 3. The Kier molecular flexibility index (Phi) is 6.17. The predicted molar refractivity (Wildman–Crippen MR) is 92.8 cm³/mol. The topological polar surface area (TPSA) is 84.5 Å². The zero-order chi connectivity index (χ0) is 19.5. The summed E-state index contributed by atoms with van der Waals surface area (Å²) in [4.78, 5) is 11.9. The van der Waals surface area contributed by atoms with Crippen molar-refractivity contribution in [3.05, 3.63) is 53.1 Å². The molecule has 6 nitrogen and oxygen atoms in total. The highest BCUT2D eigenvalue weighted by Crippen LogP contribution is 2.27. The Labute approximate surface area is 154 Å². The van der Waals surface area contributed by atoms with Crippen molar-refractivity contribution >= 4 is 33.2 Å². The first-order valence-corrected chi connectivity index (χ1v) is 9.12. The van der Waals surface area contributed by atoms with Crippen molar-refractivity contribution in [3.63, 3.8) is 0 Å². The number of hydrogen-bond acceptors (Lipinski definition) is 4. The first-order valence-electron chi connectivity index (χ1n) is 7.26.